The fraction of sp³-hybridized carbons (Fsp3) is 0.316. The van der Waals surface area contributed by atoms with Crippen LogP contribution in [0.25, 0.3) is 0 Å². The molecule has 27 heavy (non-hydrogen) atoms. The van der Waals surface area contributed by atoms with Crippen molar-refractivity contribution in [3.8, 4) is 11.5 Å². The second kappa shape index (κ2) is 8.88. The molecule has 0 radical (unpaired) electrons. The first-order valence-corrected chi connectivity index (χ1v) is 9.86. The summed E-state index contributed by atoms with van der Waals surface area (Å²) < 4.78 is 38.1. The lowest BCUT2D eigenvalue weighted by Crippen LogP contribution is -2.31. The van der Waals surface area contributed by atoms with E-state index >= 15 is 0 Å². The lowest BCUT2D eigenvalue weighted by molar-refractivity contribution is 0.0940. The third-order valence-electron chi connectivity index (χ3n) is 3.75. The molecule has 0 saturated carbocycles. The van der Waals surface area contributed by atoms with E-state index in [1.807, 2.05) is 13.8 Å². The van der Waals surface area contributed by atoms with E-state index in [1.54, 1.807) is 31.4 Å². The van der Waals surface area contributed by atoms with Gasteiger partial charge in [-0.15, -0.1) is 0 Å². The summed E-state index contributed by atoms with van der Waals surface area (Å²) in [6.07, 6.45) is 0. The lowest BCUT2D eigenvalue weighted by atomic mass is 10.2. The zero-order chi connectivity index (χ0) is 20.0. The Hall–Kier alpha value is -2.58. The average molecular weight is 392 g/mol. The molecule has 0 atom stereocenters. The molecule has 0 fully saturated rings. The Morgan fingerprint density at radius 3 is 2.44 bits per heavy atom. The van der Waals surface area contributed by atoms with Crippen LogP contribution in [-0.2, 0) is 16.6 Å². The van der Waals surface area contributed by atoms with Crippen molar-refractivity contribution < 1.29 is 22.7 Å². The first kappa shape index (κ1) is 20.7. The van der Waals surface area contributed by atoms with Crippen LogP contribution in [0.1, 0.15) is 29.8 Å². The minimum Gasteiger partial charge on any atom is -0.497 e. The number of rotatable bonds is 8. The highest BCUT2D eigenvalue weighted by Crippen LogP contribution is 2.23. The Balaban J connectivity index is 2.25. The third-order valence-corrected chi connectivity index (χ3v) is 5.15. The van der Waals surface area contributed by atoms with Crippen molar-refractivity contribution in [2.24, 2.45) is 0 Å². The summed E-state index contributed by atoms with van der Waals surface area (Å²) in [5, 5.41) is 2.73. The number of hydrogen-bond acceptors (Lipinski definition) is 5. The Morgan fingerprint density at radius 2 is 1.81 bits per heavy atom. The van der Waals surface area contributed by atoms with E-state index in [4.69, 9.17) is 9.47 Å². The fourth-order valence-electron chi connectivity index (χ4n) is 2.42. The molecule has 2 rings (SSSR count). The van der Waals surface area contributed by atoms with E-state index in [2.05, 4.69) is 10.0 Å². The van der Waals surface area contributed by atoms with E-state index in [9.17, 15) is 13.2 Å². The van der Waals surface area contributed by atoms with Crippen molar-refractivity contribution in [1.29, 1.82) is 0 Å². The van der Waals surface area contributed by atoms with Gasteiger partial charge >= 0.3 is 0 Å². The number of ether oxygens (including phenoxy) is 2. The number of carbonyl (C=O) groups is 1. The van der Waals surface area contributed by atoms with Crippen molar-refractivity contribution in [2.75, 3.05) is 14.2 Å². The van der Waals surface area contributed by atoms with Gasteiger partial charge in [0, 0.05) is 12.6 Å². The van der Waals surface area contributed by atoms with E-state index < -0.39 is 15.9 Å². The summed E-state index contributed by atoms with van der Waals surface area (Å²) in [4.78, 5) is 12.3. The zero-order valence-electron chi connectivity index (χ0n) is 15.8. The molecule has 1 amide bonds. The molecule has 0 bridgehead atoms. The van der Waals surface area contributed by atoms with Gasteiger partial charge in [-0.1, -0.05) is 12.1 Å². The van der Waals surface area contributed by atoms with Gasteiger partial charge in [0.05, 0.1) is 24.7 Å². The summed E-state index contributed by atoms with van der Waals surface area (Å²) in [6, 6.07) is 11.2. The number of benzene rings is 2. The monoisotopic (exact) mass is 392 g/mol. The largest absolute Gasteiger partial charge is 0.497 e. The van der Waals surface area contributed by atoms with E-state index in [0.29, 0.717) is 11.5 Å². The van der Waals surface area contributed by atoms with Crippen molar-refractivity contribution in [3.05, 3.63) is 53.6 Å². The highest BCUT2D eigenvalue weighted by Gasteiger charge is 2.20. The van der Waals surface area contributed by atoms with Crippen LogP contribution in [0.15, 0.2) is 47.4 Å². The maximum Gasteiger partial charge on any atom is 0.255 e. The standard InChI is InChI=1S/C19H24N2O5S/c1-13(2)21-19(22)17-11-16(8-9-18(17)26-4)27(23,24)20-12-14-6-5-7-15(10-14)25-3/h5-11,13,20H,12H2,1-4H3,(H,21,22). The van der Waals surface area contributed by atoms with Crippen molar-refractivity contribution >= 4 is 15.9 Å². The number of sulfonamides is 1. The summed E-state index contributed by atoms with van der Waals surface area (Å²) in [5.74, 6) is 0.551. The van der Waals surface area contributed by atoms with Crippen LogP contribution in [0, 0.1) is 0 Å². The van der Waals surface area contributed by atoms with Gasteiger partial charge in [-0.3, -0.25) is 4.79 Å². The van der Waals surface area contributed by atoms with Gasteiger partial charge in [0.25, 0.3) is 5.91 Å². The van der Waals surface area contributed by atoms with Gasteiger partial charge in [0.2, 0.25) is 10.0 Å². The summed E-state index contributed by atoms with van der Waals surface area (Å²) in [6.45, 7) is 3.74. The molecule has 8 heteroatoms. The molecule has 7 nitrogen and oxygen atoms in total. The van der Waals surface area contributed by atoms with Gasteiger partial charge in [-0.25, -0.2) is 13.1 Å². The number of methoxy groups -OCH3 is 2. The second-order valence-corrected chi connectivity index (χ2v) is 7.93. The van der Waals surface area contributed by atoms with Crippen molar-refractivity contribution in [2.45, 2.75) is 31.3 Å². The maximum atomic E-state index is 12.6. The molecular weight excluding hydrogens is 368 g/mol. The Bertz CT molecular complexity index is 910. The summed E-state index contributed by atoms with van der Waals surface area (Å²) >= 11 is 0. The molecule has 2 aromatic rings. The third kappa shape index (κ3) is 5.45. The Labute approximate surface area is 159 Å². The van der Waals surface area contributed by atoms with E-state index in [1.165, 1.54) is 25.3 Å². The predicted octanol–water partition coefficient (Wildman–Crippen LogP) is 2.32. The first-order valence-electron chi connectivity index (χ1n) is 8.38. The minimum atomic E-state index is -3.81. The van der Waals surface area contributed by atoms with Crippen molar-refractivity contribution in [1.82, 2.24) is 10.0 Å². The van der Waals surface area contributed by atoms with Crippen LogP contribution in [0.5, 0.6) is 11.5 Å². The summed E-state index contributed by atoms with van der Waals surface area (Å²) in [7, 11) is -0.841. The highest BCUT2D eigenvalue weighted by molar-refractivity contribution is 7.89. The number of hydrogen-bond donors (Lipinski definition) is 2. The smallest absolute Gasteiger partial charge is 0.255 e. The number of nitrogens with one attached hydrogen (secondary N) is 2. The Morgan fingerprint density at radius 1 is 1.07 bits per heavy atom. The topological polar surface area (TPSA) is 93.7 Å². The molecule has 0 aliphatic heterocycles. The van der Waals surface area contributed by atoms with Gasteiger partial charge in [-0.05, 0) is 49.7 Å². The average Bonchev–Trinajstić information content (AvgIpc) is 2.65. The Kier molecular flexibility index (Phi) is 6.81. The first-order chi connectivity index (χ1) is 12.8. The highest BCUT2D eigenvalue weighted by atomic mass is 32.2. The van der Waals surface area contributed by atoms with Gasteiger partial charge in [0.15, 0.2) is 0 Å². The van der Waals surface area contributed by atoms with Crippen LogP contribution in [0.3, 0.4) is 0 Å². The molecule has 0 unspecified atom stereocenters. The van der Waals surface area contributed by atoms with Crippen LogP contribution >= 0.6 is 0 Å². The molecule has 0 aliphatic carbocycles. The van der Waals surface area contributed by atoms with Gasteiger partial charge in [-0.2, -0.15) is 0 Å². The molecule has 2 aromatic carbocycles. The normalized spacial score (nSPS) is 11.3. The van der Waals surface area contributed by atoms with Gasteiger partial charge < -0.3 is 14.8 Å². The van der Waals surface area contributed by atoms with Crippen LogP contribution in [-0.4, -0.2) is 34.6 Å². The molecular formula is C19H24N2O5S. The van der Waals surface area contributed by atoms with Crippen LogP contribution < -0.4 is 19.5 Å². The van der Waals surface area contributed by atoms with Crippen LogP contribution in [0.4, 0.5) is 0 Å². The summed E-state index contributed by atoms with van der Waals surface area (Å²) in [5.41, 5.74) is 0.916. The van der Waals surface area contributed by atoms with Crippen molar-refractivity contribution in [3.63, 3.8) is 0 Å². The quantitative estimate of drug-likeness (QED) is 0.719. The minimum absolute atomic E-state index is 0.0138. The predicted molar refractivity (Wildman–Crippen MR) is 103 cm³/mol. The number of amides is 1. The van der Waals surface area contributed by atoms with E-state index in [-0.39, 0.29) is 23.0 Å². The molecule has 0 heterocycles. The molecule has 0 aromatic heterocycles. The van der Waals surface area contributed by atoms with Gasteiger partial charge in [0.1, 0.15) is 11.5 Å². The second-order valence-electron chi connectivity index (χ2n) is 6.17. The van der Waals surface area contributed by atoms with Crippen LogP contribution in [0.2, 0.25) is 0 Å². The SMILES string of the molecule is COc1cccc(CNS(=O)(=O)c2ccc(OC)c(C(=O)NC(C)C)c2)c1. The molecule has 146 valence electrons. The zero-order valence-corrected chi connectivity index (χ0v) is 16.6. The molecule has 0 saturated heterocycles. The van der Waals surface area contributed by atoms with E-state index in [0.717, 1.165) is 5.56 Å². The number of carbonyl (C=O) groups excluding carboxylic acids is 1. The molecule has 0 spiro atoms. The maximum absolute atomic E-state index is 12.6. The lowest BCUT2D eigenvalue weighted by Gasteiger charge is -2.14. The molecule has 0 aliphatic rings. The molecule has 2 N–H and O–H groups in total. The fourth-order valence-corrected chi connectivity index (χ4v) is 3.46.